The van der Waals surface area contributed by atoms with Crippen LogP contribution in [0.4, 0.5) is 14.5 Å². The number of anilines is 1. The summed E-state index contributed by atoms with van der Waals surface area (Å²) < 4.78 is 64.4. The first-order valence-electron chi connectivity index (χ1n) is 10.2. The van der Waals surface area contributed by atoms with Crippen LogP contribution in [0, 0.1) is 0 Å². The fourth-order valence-corrected chi connectivity index (χ4v) is 5.37. The average Bonchev–Trinajstić information content (AvgIpc) is 3.51. The largest absolute Gasteiger partial charge is 0.452 e. The SMILES string of the molecule is O=C(Nc1c(Cl)cncc1Cl)c1ccc(OC(F)F)c2oc3ccc(S(=O)(=O)NC4CC4)cc3c12. The second kappa shape index (κ2) is 8.90. The highest BCUT2D eigenvalue weighted by atomic mass is 35.5. The number of hydrogen-bond acceptors (Lipinski definition) is 6. The number of rotatable bonds is 7. The van der Waals surface area contributed by atoms with E-state index in [-0.39, 0.29) is 59.9 Å². The van der Waals surface area contributed by atoms with Crippen LogP contribution < -0.4 is 14.8 Å². The summed E-state index contributed by atoms with van der Waals surface area (Å²) in [7, 11) is -3.84. The zero-order chi connectivity index (χ0) is 24.9. The van der Waals surface area contributed by atoms with Gasteiger partial charge in [0, 0.05) is 29.2 Å². The highest BCUT2D eigenvalue weighted by molar-refractivity contribution is 7.89. The highest BCUT2D eigenvalue weighted by Gasteiger charge is 2.29. The van der Waals surface area contributed by atoms with Crippen molar-refractivity contribution < 1.29 is 31.1 Å². The van der Waals surface area contributed by atoms with Gasteiger partial charge in [-0.05, 0) is 43.2 Å². The van der Waals surface area contributed by atoms with Crippen molar-refractivity contribution in [3.05, 3.63) is 58.3 Å². The van der Waals surface area contributed by atoms with Crippen molar-refractivity contribution in [3.8, 4) is 5.75 Å². The molecule has 8 nitrogen and oxygen atoms in total. The van der Waals surface area contributed by atoms with Crippen LogP contribution >= 0.6 is 23.2 Å². The number of amides is 1. The molecule has 1 aliphatic rings. The van der Waals surface area contributed by atoms with Gasteiger partial charge in [0.2, 0.25) is 10.0 Å². The van der Waals surface area contributed by atoms with Crippen LogP contribution in [-0.2, 0) is 10.0 Å². The monoisotopic (exact) mass is 541 g/mol. The number of benzene rings is 2. The second-order valence-electron chi connectivity index (χ2n) is 7.78. The number of alkyl halides is 2. The standard InChI is InChI=1S/C22H15Cl2F2N3O5S/c23-14-8-27-9-15(24)19(14)28-21(30)12-4-6-17(34-22(25)26)20-18(12)13-7-11(3-5-16(13)33-20)35(31,32)29-10-1-2-10/h3-10,22,29H,1-2H2,(H,27,28,30). The fraction of sp³-hybridized carbons (Fsp3) is 0.182. The molecular formula is C22H15Cl2F2N3O5S. The van der Waals surface area contributed by atoms with Gasteiger partial charge in [-0.1, -0.05) is 23.2 Å². The molecule has 2 aromatic heterocycles. The Morgan fingerprint density at radius 1 is 1.14 bits per heavy atom. The van der Waals surface area contributed by atoms with Crippen molar-refractivity contribution in [3.63, 3.8) is 0 Å². The van der Waals surface area contributed by atoms with E-state index in [1.807, 2.05) is 0 Å². The molecule has 0 aliphatic heterocycles. The minimum Gasteiger partial charge on any atom is -0.452 e. The number of pyridine rings is 1. The normalized spacial score (nSPS) is 14.1. The van der Waals surface area contributed by atoms with E-state index in [2.05, 4.69) is 19.8 Å². The molecule has 0 spiro atoms. The summed E-state index contributed by atoms with van der Waals surface area (Å²) in [5.74, 6) is -1.01. The van der Waals surface area contributed by atoms with Crippen LogP contribution in [-0.4, -0.2) is 32.0 Å². The van der Waals surface area contributed by atoms with E-state index in [0.717, 1.165) is 18.9 Å². The zero-order valence-electron chi connectivity index (χ0n) is 17.5. The first-order valence-corrected chi connectivity index (χ1v) is 12.4. The molecule has 1 saturated carbocycles. The zero-order valence-corrected chi connectivity index (χ0v) is 19.8. The maximum absolute atomic E-state index is 13.2. The third-order valence-electron chi connectivity index (χ3n) is 5.32. The van der Waals surface area contributed by atoms with Gasteiger partial charge in [0.05, 0.1) is 26.2 Å². The quantitative estimate of drug-likeness (QED) is 0.316. The summed E-state index contributed by atoms with van der Waals surface area (Å²) in [5.41, 5.74) is 0.113. The summed E-state index contributed by atoms with van der Waals surface area (Å²) in [6.45, 7) is -3.15. The third-order valence-corrected chi connectivity index (χ3v) is 7.41. The van der Waals surface area contributed by atoms with E-state index in [4.69, 9.17) is 27.6 Å². The topological polar surface area (TPSA) is 111 Å². The Morgan fingerprint density at radius 3 is 2.51 bits per heavy atom. The number of aromatic nitrogens is 1. The Balaban J connectivity index is 1.68. The molecule has 0 atom stereocenters. The Bertz CT molecular complexity index is 1570. The van der Waals surface area contributed by atoms with E-state index in [1.165, 1.54) is 36.7 Å². The number of nitrogens with one attached hydrogen (secondary N) is 2. The molecule has 0 bridgehead atoms. The van der Waals surface area contributed by atoms with E-state index >= 15 is 0 Å². The molecule has 1 aliphatic carbocycles. The molecule has 182 valence electrons. The number of fused-ring (bicyclic) bond motifs is 3. The lowest BCUT2D eigenvalue weighted by Gasteiger charge is -2.11. The number of sulfonamides is 1. The fourth-order valence-electron chi connectivity index (χ4n) is 3.58. The maximum Gasteiger partial charge on any atom is 0.387 e. The summed E-state index contributed by atoms with van der Waals surface area (Å²) >= 11 is 12.2. The van der Waals surface area contributed by atoms with Crippen molar-refractivity contribution in [1.29, 1.82) is 0 Å². The Morgan fingerprint density at radius 2 is 1.86 bits per heavy atom. The van der Waals surface area contributed by atoms with Gasteiger partial charge < -0.3 is 14.5 Å². The van der Waals surface area contributed by atoms with Gasteiger partial charge in [-0.25, -0.2) is 13.1 Å². The number of nitrogens with zero attached hydrogens (tertiary/aromatic N) is 1. The average molecular weight is 542 g/mol. The van der Waals surface area contributed by atoms with Crippen LogP contribution in [0.5, 0.6) is 5.75 Å². The first-order chi connectivity index (χ1) is 16.6. The lowest BCUT2D eigenvalue weighted by atomic mass is 10.0. The Labute approximate surface area is 207 Å². The van der Waals surface area contributed by atoms with Crippen LogP contribution in [0.2, 0.25) is 10.0 Å². The molecule has 1 amide bonds. The van der Waals surface area contributed by atoms with Crippen LogP contribution in [0.15, 0.2) is 52.0 Å². The van der Waals surface area contributed by atoms with E-state index in [1.54, 1.807) is 0 Å². The third kappa shape index (κ3) is 4.64. The lowest BCUT2D eigenvalue weighted by Crippen LogP contribution is -2.25. The van der Waals surface area contributed by atoms with Crippen LogP contribution in [0.1, 0.15) is 23.2 Å². The van der Waals surface area contributed by atoms with Gasteiger partial charge in [-0.2, -0.15) is 8.78 Å². The molecule has 13 heteroatoms. The molecule has 0 radical (unpaired) electrons. The molecular weight excluding hydrogens is 527 g/mol. The number of carbonyl (C=O) groups excluding carboxylic acids is 1. The van der Waals surface area contributed by atoms with Gasteiger partial charge in [-0.15, -0.1) is 0 Å². The first kappa shape index (κ1) is 23.7. The van der Waals surface area contributed by atoms with Gasteiger partial charge in [0.25, 0.3) is 5.91 Å². The van der Waals surface area contributed by atoms with E-state index < -0.39 is 22.5 Å². The number of furan rings is 1. The van der Waals surface area contributed by atoms with E-state index in [0.29, 0.717) is 0 Å². The maximum atomic E-state index is 13.2. The summed E-state index contributed by atoms with van der Waals surface area (Å²) in [6, 6.07) is 6.34. The molecule has 35 heavy (non-hydrogen) atoms. The molecule has 1 fully saturated rings. The van der Waals surface area contributed by atoms with Gasteiger partial charge in [0.15, 0.2) is 11.3 Å². The van der Waals surface area contributed by atoms with Crippen molar-refractivity contribution >= 4 is 66.8 Å². The predicted octanol–water partition coefficient (Wildman–Crippen LogP) is 5.58. The molecule has 5 rings (SSSR count). The molecule has 2 N–H and O–H groups in total. The summed E-state index contributed by atoms with van der Waals surface area (Å²) in [6.07, 6.45) is 4.06. The summed E-state index contributed by atoms with van der Waals surface area (Å²) in [4.78, 5) is 17.0. The highest BCUT2D eigenvalue weighted by Crippen LogP contribution is 2.39. The molecule has 2 aromatic carbocycles. The molecule has 0 saturated heterocycles. The van der Waals surface area contributed by atoms with Crippen molar-refractivity contribution in [2.45, 2.75) is 30.4 Å². The molecule has 0 unspecified atom stereocenters. The molecule has 2 heterocycles. The smallest absolute Gasteiger partial charge is 0.387 e. The number of ether oxygens (including phenoxy) is 1. The lowest BCUT2D eigenvalue weighted by molar-refractivity contribution is -0.0493. The number of hydrogen-bond donors (Lipinski definition) is 2. The Kier molecular flexibility index (Phi) is 6.04. The Hall–Kier alpha value is -2.99. The minimum absolute atomic E-state index is 0.00554. The van der Waals surface area contributed by atoms with Crippen molar-refractivity contribution in [2.75, 3.05) is 5.32 Å². The van der Waals surface area contributed by atoms with Crippen LogP contribution in [0.25, 0.3) is 21.9 Å². The predicted molar refractivity (Wildman–Crippen MR) is 126 cm³/mol. The van der Waals surface area contributed by atoms with Crippen molar-refractivity contribution in [2.24, 2.45) is 0 Å². The van der Waals surface area contributed by atoms with Crippen LogP contribution in [0.3, 0.4) is 0 Å². The number of carbonyl (C=O) groups is 1. The van der Waals surface area contributed by atoms with Gasteiger partial charge in [0.1, 0.15) is 5.58 Å². The minimum atomic E-state index is -3.84. The van der Waals surface area contributed by atoms with Crippen molar-refractivity contribution in [1.82, 2.24) is 9.71 Å². The second-order valence-corrected chi connectivity index (χ2v) is 10.3. The number of halogens is 4. The summed E-state index contributed by atoms with van der Waals surface area (Å²) in [5, 5.41) is 3.04. The van der Waals surface area contributed by atoms with Gasteiger partial charge >= 0.3 is 6.61 Å². The van der Waals surface area contributed by atoms with Gasteiger partial charge in [-0.3, -0.25) is 9.78 Å². The van der Waals surface area contributed by atoms with E-state index in [9.17, 15) is 22.0 Å². The molecule has 4 aromatic rings.